The van der Waals surface area contributed by atoms with Crippen LogP contribution < -0.4 is 10.1 Å². The van der Waals surface area contributed by atoms with E-state index in [9.17, 15) is 4.79 Å². The van der Waals surface area contributed by atoms with Crippen LogP contribution in [0, 0.1) is 0 Å². The molecule has 1 amide bonds. The molecule has 0 radical (unpaired) electrons. The van der Waals surface area contributed by atoms with Crippen molar-refractivity contribution in [1.82, 2.24) is 15.5 Å². The highest BCUT2D eigenvalue weighted by atomic mass is 16.5. The number of amides is 1. The van der Waals surface area contributed by atoms with Gasteiger partial charge >= 0.3 is 0 Å². The van der Waals surface area contributed by atoms with Gasteiger partial charge in [-0.2, -0.15) is 4.98 Å². The van der Waals surface area contributed by atoms with E-state index in [1.165, 1.54) is 0 Å². The van der Waals surface area contributed by atoms with Gasteiger partial charge in [0, 0.05) is 24.9 Å². The lowest BCUT2D eigenvalue weighted by molar-refractivity contribution is -0.121. The van der Waals surface area contributed by atoms with Crippen molar-refractivity contribution in [3.8, 4) is 17.1 Å². The Morgan fingerprint density at radius 3 is 3.05 bits per heavy atom. The molecule has 0 saturated carbocycles. The first kappa shape index (κ1) is 15.0. The maximum absolute atomic E-state index is 11.3. The molecule has 0 spiro atoms. The Hall–Kier alpha value is -2.37. The van der Waals surface area contributed by atoms with Crippen molar-refractivity contribution in [2.45, 2.75) is 26.2 Å². The molecule has 0 aliphatic carbocycles. The van der Waals surface area contributed by atoms with Gasteiger partial charge in [0.1, 0.15) is 5.75 Å². The second-order valence-electron chi connectivity index (χ2n) is 4.55. The van der Waals surface area contributed by atoms with E-state index in [0.29, 0.717) is 37.5 Å². The summed E-state index contributed by atoms with van der Waals surface area (Å²) in [7, 11) is 1.61. The molecule has 0 aliphatic rings. The molecule has 0 unspecified atom stereocenters. The summed E-state index contributed by atoms with van der Waals surface area (Å²) < 4.78 is 10.4. The van der Waals surface area contributed by atoms with Crippen molar-refractivity contribution in [2.24, 2.45) is 0 Å². The topological polar surface area (TPSA) is 77.2 Å². The highest BCUT2D eigenvalue weighted by molar-refractivity contribution is 5.75. The molecule has 0 atom stereocenters. The first-order chi connectivity index (χ1) is 10.2. The van der Waals surface area contributed by atoms with Gasteiger partial charge in [-0.1, -0.05) is 17.3 Å². The number of carbonyl (C=O) groups excluding carboxylic acids is 1. The number of ether oxygens (including phenoxy) is 1. The number of methoxy groups -OCH3 is 1. The van der Waals surface area contributed by atoms with Crippen LogP contribution in [0.2, 0.25) is 0 Å². The summed E-state index contributed by atoms with van der Waals surface area (Å²) in [5.41, 5.74) is 0.841. The van der Waals surface area contributed by atoms with E-state index in [1.54, 1.807) is 7.11 Å². The second-order valence-corrected chi connectivity index (χ2v) is 4.55. The predicted octanol–water partition coefficient (Wildman–Crippen LogP) is 2.20. The molecule has 1 heterocycles. The van der Waals surface area contributed by atoms with Crippen LogP contribution in [0.25, 0.3) is 11.4 Å². The van der Waals surface area contributed by atoms with Crippen molar-refractivity contribution in [1.29, 1.82) is 0 Å². The van der Waals surface area contributed by atoms with Crippen LogP contribution >= 0.6 is 0 Å². The van der Waals surface area contributed by atoms with Gasteiger partial charge in [0.05, 0.1) is 7.11 Å². The molecule has 1 N–H and O–H groups in total. The van der Waals surface area contributed by atoms with Crippen molar-refractivity contribution in [3.05, 3.63) is 30.2 Å². The zero-order valence-corrected chi connectivity index (χ0v) is 12.3. The summed E-state index contributed by atoms with van der Waals surface area (Å²) in [6, 6.07) is 7.48. The second kappa shape index (κ2) is 7.42. The fraction of sp³-hybridized carbons (Fsp3) is 0.400. The number of aryl methyl sites for hydroxylation is 1. The minimum atomic E-state index is 0.0463. The van der Waals surface area contributed by atoms with E-state index in [1.807, 2.05) is 31.2 Å². The molecular weight excluding hydrogens is 270 g/mol. The van der Waals surface area contributed by atoms with Crippen LogP contribution in [0.5, 0.6) is 5.75 Å². The van der Waals surface area contributed by atoms with Gasteiger partial charge in [-0.15, -0.1) is 0 Å². The van der Waals surface area contributed by atoms with E-state index < -0.39 is 0 Å². The quantitative estimate of drug-likeness (QED) is 0.845. The molecule has 112 valence electrons. The molecule has 0 fully saturated rings. The first-order valence-corrected chi connectivity index (χ1v) is 6.96. The van der Waals surface area contributed by atoms with Crippen LogP contribution in [0.4, 0.5) is 0 Å². The molecule has 2 aromatic rings. The molecule has 2 rings (SSSR count). The number of nitrogens with zero attached hydrogens (tertiary/aromatic N) is 2. The highest BCUT2D eigenvalue weighted by Gasteiger charge is 2.10. The Bertz CT molecular complexity index is 595. The Balaban J connectivity index is 1.93. The standard InChI is InChI=1S/C15H19N3O3/c1-3-16-13(19)8-5-9-14-17-15(18-21-14)11-6-4-7-12(10-11)20-2/h4,6-7,10H,3,5,8-9H2,1-2H3,(H,16,19). The van der Waals surface area contributed by atoms with Crippen LogP contribution in [0.1, 0.15) is 25.7 Å². The van der Waals surface area contributed by atoms with Gasteiger partial charge in [0.15, 0.2) is 0 Å². The normalized spacial score (nSPS) is 10.4. The molecule has 6 nitrogen and oxygen atoms in total. The maximum Gasteiger partial charge on any atom is 0.226 e. The number of aromatic nitrogens is 2. The molecule has 0 aliphatic heterocycles. The van der Waals surface area contributed by atoms with E-state index in [2.05, 4.69) is 15.5 Å². The monoisotopic (exact) mass is 289 g/mol. The number of nitrogens with one attached hydrogen (secondary N) is 1. The molecule has 1 aromatic carbocycles. The van der Waals surface area contributed by atoms with Crippen LogP contribution in [0.15, 0.2) is 28.8 Å². The smallest absolute Gasteiger partial charge is 0.226 e. The van der Waals surface area contributed by atoms with Crippen LogP contribution in [0.3, 0.4) is 0 Å². The lowest BCUT2D eigenvalue weighted by atomic mass is 10.2. The SMILES string of the molecule is CCNC(=O)CCCc1nc(-c2cccc(OC)c2)no1. The summed E-state index contributed by atoms with van der Waals surface area (Å²) in [4.78, 5) is 15.7. The zero-order chi connectivity index (χ0) is 15.1. The predicted molar refractivity (Wildman–Crippen MR) is 77.9 cm³/mol. The number of rotatable bonds is 7. The molecule has 0 saturated heterocycles. The van der Waals surface area contributed by atoms with E-state index in [0.717, 1.165) is 11.3 Å². The Morgan fingerprint density at radius 2 is 2.29 bits per heavy atom. The lowest BCUT2D eigenvalue weighted by Gasteiger charge is -2.00. The number of carbonyl (C=O) groups is 1. The van der Waals surface area contributed by atoms with Crippen molar-refractivity contribution < 1.29 is 14.1 Å². The fourth-order valence-electron chi connectivity index (χ4n) is 1.92. The van der Waals surface area contributed by atoms with E-state index in [4.69, 9.17) is 9.26 Å². The molecular formula is C15H19N3O3. The largest absolute Gasteiger partial charge is 0.497 e. The summed E-state index contributed by atoms with van der Waals surface area (Å²) in [5.74, 6) is 1.86. The highest BCUT2D eigenvalue weighted by Crippen LogP contribution is 2.21. The number of hydrogen-bond donors (Lipinski definition) is 1. The first-order valence-electron chi connectivity index (χ1n) is 6.96. The zero-order valence-electron chi connectivity index (χ0n) is 12.3. The van der Waals surface area contributed by atoms with Crippen LogP contribution in [-0.4, -0.2) is 29.7 Å². The number of hydrogen-bond acceptors (Lipinski definition) is 5. The summed E-state index contributed by atoms with van der Waals surface area (Å²) in [5, 5.41) is 6.71. The van der Waals surface area contributed by atoms with Crippen molar-refractivity contribution in [3.63, 3.8) is 0 Å². The minimum absolute atomic E-state index is 0.0463. The van der Waals surface area contributed by atoms with Crippen molar-refractivity contribution >= 4 is 5.91 Å². The third-order valence-corrected chi connectivity index (χ3v) is 2.96. The third-order valence-electron chi connectivity index (χ3n) is 2.96. The molecule has 6 heteroatoms. The van der Waals surface area contributed by atoms with Gasteiger partial charge in [-0.05, 0) is 25.5 Å². The van der Waals surface area contributed by atoms with E-state index in [-0.39, 0.29) is 5.91 Å². The minimum Gasteiger partial charge on any atom is -0.497 e. The van der Waals surface area contributed by atoms with Gasteiger partial charge in [0.2, 0.25) is 17.6 Å². The van der Waals surface area contributed by atoms with E-state index >= 15 is 0 Å². The van der Waals surface area contributed by atoms with Crippen molar-refractivity contribution in [2.75, 3.05) is 13.7 Å². The molecule has 1 aromatic heterocycles. The maximum atomic E-state index is 11.3. The Kier molecular flexibility index (Phi) is 5.31. The third kappa shape index (κ3) is 4.30. The van der Waals surface area contributed by atoms with Gasteiger partial charge < -0.3 is 14.6 Å². The van der Waals surface area contributed by atoms with Gasteiger partial charge in [-0.3, -0.25) is 4.79 Å². The molecule has 21 heavy (non-hydrogen) atoms. The van der Waals surface area contributed by atoms with Gasteiger partial charge in [-0.25, -0.2) is 0 Å². The average Bonchev–Trinajstić information content (AvgIpc) is 2.96. The summed E-state index contributed by atoms with van der Waals surface area (Å²) in [6.45, 7) is 2.55. The van der Waals surface area contributed by atoms with Gasteiger partial charge in [0.25, 0.3) is 0 Å². The Labute approximate surface area is 123 Å². The van der Waals surface area contributed by atoms with Crippen LogP contribution in [-0.2, 0) is 11.2 Å². The number of benzene rings is 1. The molecule has 0 bridgehead atoms. The summed E-state index contributed by atoms with van der Waals surface area (Å²) >= 11 is 0. The Morgan fingerprint density at radius 1 is 1.43 bits per heavy atom. The fourth-order valence-corrected chi connectivity index (χ4v) is 1.92. The average molecular weight is 289 g/mol. The lowest BCUT2D eigenvalue weighted by Crippen LogP contribution is -2.22. The summed E-state index contributed by atoms with van der Waals surface area (Å²) in [6.07, 6.45) is 1.74.